The molecule has 0 aromatic carbocycles. The summed E-state index contributed by atoms with van der Waals surface area (Å²) in [5.41, 5.74) is 0.302. The van der Waals surface area contributed by atoms with Crippen LogP contribution in [0.4, 0.5) is 0 Å². The zero-order valence-electron chi connectivity index (χ0n) is 11.0. The van der Waals surface area contributed by atoms with Crippen molar-refractivity contribution in [2.75, 3.05) is 0 Å². The molecule has 15 heavy (non-hydrogen) atoms. The summed E-state index contributed by atoms with van der Waals surface area (Å²) in [5, 5.41) is 16.8. The third kappa shape index (κ3) is 9.73. The van der Waals surface area contributed by atoms with E-state index in [2.05, 4.69) is 34.6 Å². The highest BCUT2D eigenvalue weighted by atomic mass is 16.4. The number of aliphatic carboxylic acids is 1. The van der Waals surface area contributed by atoms with Crippen molar-refractivity contribution in [3.63, 3.8) is 0 Å². The first kappa shape index (κ1) is 16.8. The van der Waals surface area contributed by atoms with Crippen LogP contribution in [0.25, 0.3) is 0 Å². The van der Waals surface area contributed by atoms with E-state index in [9.17, 15) is 5.11 Å². The SMILES string of the molecule is CC(=O)O.CC(O)C(C)C(C)C(C)(C)C. The van der Waals surface area contributed by atoms with Crippen molar-refractivity contribution in [1.29, 1.82) is 0 Å². The van der Waals surface area contributed by atoms with Crippen LogP contribution in [0.15, 0.2) is 0 Å². The topological polar surface area (TPSA) is 57.5 Å². The molecular weight excluding hydrogens is 192 g/mol. The average Bonchev–Trinajstić information content (AvgIpc) is 1.98. The molecule has 0 heterocycles. The molecule has 0 rings (SSSR count). The summed E-state index contributed by atoms with van der Waals surface area (Å²) < 4.78 is 0. The van der Waals surface area contributed by atoms with Gasteiger partial charge in [0.05, 0.1) is 6.10 Å². The van der Waals surface area contributed by atoms with Gasteiger partial charge in [-0.25, -0.2) is 0 Å². The van der Waals surface area contributed by atoms with Gasteiger partial charge in [-0.15, -0.1) is 0 Å². The third-order valence-electron chi connectivity index (χ3n) is 2.92. The second-order valence-corrected chi connectivity index (χ2v) is 5.27. The van der Waals surface area contributed by atoms with Gasteiger partial charge in [-0.1, -0.05) is 34.6 Å². The molecule has 0 fully saturated rings. The second-order valence-electron chi connectivity index (χ2n) is 5.27. The zero-order chi connectivity index (χ0) is 12.8. The summed E-state index contributed by atoms with van der Waals surface area (Å²) in [6, 6.07) is 0. The largest absolute Gasteiger partial charge is 0.481 e. The maximum Gasteiger partial charge on any atom is 0.300 e. The number of carbonyl (C=O) groups is 1. The van der Waals surface area contributed by atoms with E-state index in [0.29, 0.717) is 17.3 Å². The average molecular weight is 218 g/mol. The molecular formula is C12H26O3. The summed E-state index contributed by atoms with van der Waals surface area (Å²) in [7, 11) is 0. The highest BCUT2D eigenvalue weighted by molar-refractivity contribution is 5.62. The molecule has 3 unspecified atom stereocenters. The van der Waals surface area contributed by atoms with Gasteiger partial charge in [-0.05, 0) is 24.2 Å². The van der Waals surface area contributed by atoms with Crippen molar-refractivity contribution < 1.29 is 15.0 Å². The molecule has 0 aliphatic rings. The van der Waals surface area contributed by atoms with Gasteiger partial charge in [0.25, 0.3) is 5.97 Å². The molecule has 92 valence electrons. The minimum absolute atomic E-state index is 0.191. The van der Waals surface area contributed by atoms with Crippen molar-refractivity contribution in [3.8, 4) is 0 Å². The number of hydrogen-bond acceptors (Lipinski definition) is 2. The van der Waals surface area contributed by atoms with Crippen LogP contribution >= 0.6 is 0 Å². The Bertz CT molecular complexity index is 176. The second kappa shape index (κ2) is 6.83. The Labute approximate surface area is 93.5 Å². The Balaban J connectivity index is 0. The Morgan fingerprint density at radius 2 is 1.40 bits per heavy atom. The predicted molar refractivity (Wildman–Crippen MR) is 62.8 cm³/mol. The summed E-state index contributed by atoms with van der Waals surface area (Å²) in [6.45, 7) is 13.9. The molecule has 0 spiro atoms. The minimum Gasteiger partial charge on any atom is -0.481 e. The third-order valence-corrected chi connectivity index (χ3v) is 2.92. The lowest BCUT2D eigenvalue weighted by Gasteiger charge is -2.33. The highest BCUT2D eigenvalue weighted by Gasteiger charge is 2.27. The van der Waals surface area contributed by atoms with Crippen LogP contribution in [0.5, 0.6) is 0 Å². The molecule has 3 atom stereocenters. The lowest BCUT2D eigenvalue weighted by molar-refractivity contribution is -0.134. The first-order chi connectivity index (χ1) is 6.50. The lowest BCUT2D eigenvalue weighted by Crippen LogP contribution is -2.30. The summed E-state index contributed by atoms with van der Waals surface area (Å²) >= 11 is 0. The molecule has 0 aliphatic heterocycles. The number of rotatable bonds is 2. The summed E-state index contributed by atoms with van der Waals surface area (Å²) in [5.74, 6) is 0.109. The molecule has 2 N–H and O–H groups in total. The van der Waals surface area contributed by atoms with Gasteiger partial charge < -0.3 is 10.2 Å². The molecule has 0 saturated carbocycles. The predicted octanol–water partition coefficient (Wildman–Crippen LogP) is 2.78. The van der Waals surface area contributed by atoms with E-state index in [1.807, 2.05) is 6.92 Å². The first-order valence-corrected chi connectivity index (χ1v) is 5.37. The monoisotopic (exact) mass is 218 g/mol. The number of carboxylic acids is 1. The molecule has 0 saturated heterocycles. The quantitative estimate of drug-likeness (QED) is 0.749. The number of aliphatic hydroxyl groups is 1. The minimum atomic E-state index is -0.833. The Morgan fingerprint density at radius 3 is 1.47 bits per heavy atom. The molecule has 3 heteroatoms. The number of hydrogen-bond donors (Lipinski definition) is 2. The van der Waals surface area contributed by atoms with Crippen LogP contribution in [0.1, 0.15) is 48.5 Å². The van der Waals surface area contributed by atoms with Crippen LogP contribution in [0.2, 0.25) is 0 Å². The van der Waals surface area contributed by atoms with Gasteiger partial charge in [0, 0.05) is 6.92 Å². The number of aliphatic hydroxyl groups excluding tert-OH is 1. The van der Waals surface area contributed by atoms with Gasteiger partial charge in [-0.2, -0.15) is 0 Å². The molecule has 0 aromatic heterocycles. The van der Waals surface area contributed by atoms with Crippen molar-refractivity contribution in [2.24, 2.45) is 17.3 Å². The summed E-state index contributed by atoms with van der Waals surface area (Å²) in [6.07, 6.45) is -0.191. The maximum absolute atomic E-state index is 9.35. The normalized spacial score (nSPS) is 17.1. The fourth-order valence-corrected chi connectivity index (χ4v) is 1.21. The van der Waals surface area contributed by atoms with Crippen molar-refractivity contribution in [3.05, 3.63) is 0 Å². The molecule has 0 amide bonds. The van der Waals surface area contributed by atoms with E-state index in [4.69, 9.17) is 9.90 Å². The van der Waals surface area contributed by atoms with Crippen LogP contribution in [0, 0.1) is 17.3 Å². The molecule has 3 nitrogen and oxygen atoms in total. The van der Waals surface area contributed by atoms with Gasteiger partial charge in [-0.3, -0.25) is 4.79 Å². The first-order valence-electron chi connectivity index (χ1n) is 5.37. The van der Waals surface area contributed by atoms with E-state index in [0.717, 1.165) is 6.92 Å². The van der Waals surface area contributed by atoms with E-state index in [-0.39, 0.29) is 6.10 Å². The molecule has 0 aliphatic carbocycles. The Hall–Kier alpha value is -0.570. The molecule has 0 bridgehead atoms. The Kier molecular flexibility index (Phi) is 7.67. The zero-order valence-corrected chi connectivity index (χ0v) is 11.0. The van der Waals surface area contributed by atoms with Crippen LogP contribution in [-0.4, -0.2) is 22.3 Å². The smallest absolute Gasteiger partial charge is 0.300 e. The summed E-state index contributed by atoms with van der Waals surface area (Å²) in [4.78, 5) is 9.00. The van der Waals surface area contributed by atoms with E-state index < -0.39 is 5.97 Å². The van der Waals surface area contributed by atoms with Gasteiger partial charge >= 0.3 is 0 Å². The fourth-order valence-electron chi connectivity index (χ4n) is 1.21. The number of carboxylic acid groups (broad SMARTS) is 1. The standard InChI is InChI=1S/C10H22O.C2H4O2/c1-7(9(3)11)8(2)10(4,5)6;1-2(3)4/h7-9,11H,1-6H3;1H3,(H,3,4). The van der Waals surface area contributed by atoms with Crippen LogP contribution in [0.3, 0.4) is 0 Å². The molecule has 0 radical (unpaired) electrons. The van der Waals surface area contributed by atoms with E-state index >= 15 is 0 Å². The van der Waals surface area contributed by atoms with Crippen molar-refractivity contribution in [1.82, 2.24) is 0 Å². The highest BCUT2D eigenvalue weighted by Crippen LogP contribution is 2.32. The van der Waals surface area contributed by atoms with Gasteiger partial charge in [0.2, 0.25) is 0 Å². The van der Waals surface area contributed by atoms with Crippen molar-refractivity contribution in [2.45, 2.75) is 54.6 Å². The van der Waals surface area contributed by atoms with Crippen molar-refractivity contribution >= 4 is 5.97 Å². The lowest BCUT2D eigenvalue weighted by atomic mass is 9.73. The van der Waals surface area contributed by atoms with Gasteiger partial charge in [0.1, 0.15) is 0 Å². The van der Waals surface area contributed by atoms with Crippen LogP contribution in [-0.2, 0) is 4.79 Å². The molecule has 0 aromatic rings. The van der Waals surface area contributed by atoms with E-state index in [1.165, 1.54) is 0 Å². The van der Waals surface area contributed by atoms with Gasteiger partial charge in [0.15, 0.2) is 0 Å². The van der Waals surface area contributed by atoms with Crippen LogP contribution < -0.4 is 0 Å². The fraction of sp³-hybridized carbons (Fsp3) is 0.917. The Morgan fingerprint density at radius 1 is 1.13 bits per heavy atom. The maximum atomic E-state index is 9.35. The van der Waals surface area contributed by atoms with E-state index in [1.54, 1.807) is 0 Å².